The van der Waals surface area contributed by atoms with Crippen molar-refractivity contribution in [3.63, 3.8) is 0 Å². The first kappa shape index (κ1) is 19.0. The summed E-state index contributed by atoms with van der Waals surface area (Å²) in [7, 11) is 0. The van der Waals surface area contributed by atoms with Crippen molar-refractivity contribution in [3.05, 3.63) is 77.5 Å². The number of carbonyl (C=O) groups is 1. The second-order valence-corrected chi connectivity index (χ2v) is 6.85. The predicted octanol–water partition coefficient (Wildman–Crippen LogP) is 3.95. The maximum absolute atomic E-state index is 13.5. The average Bonchev–Trinajstić information content (AvgIpc) is 3.24. The van der Waals surface area contributed by atoms with Crippen LogP contribution in [-0.4, -0.2) is 34.1 Å². The second-order valence-electron chi connectivity index (χ2n) is 6.85. The molecule has 1 amide bonds. The first-order valence-corrected chi connectivity index (χ1v) is 9.34. The number of benzene rings is 2. The van der Waals surface area contributed by atoms with Gasteiger partial charge in [-0.05, 0) is 43.2 Å². The van der Waals surface area contributed by atoms with Gasteiger partial charge in [-0.3, -0.25) is 4.79 Å². The van der Waals surface area contributed by atoms with E-state index in [1.54, 1.807) is 4.90 Å². The van der Waals surface area contributed by atoms with Crippen molar-refractivity contribution in [1.82, 2.24) is 15.1 Å². The maximum atomic E-state index is 13.5. The van der Waals surface area contributed by atoms with E-state index in [1.807, 2.05) is 30.3 Å². The van der Waals surface area contributed by atoms with Gasteiger partial charge >= 0.3 is 0 Å². The zero-order valence-corrected chi connectivity index (χ0v) is 15.6. The Labute approximate surface area is 166 Å². The third kappa shape index (κ3) is 4.42. The summed E-state index contributed by atoms with van der Waals surface area (Å²) in [5.74, 6) is -0.976. The molecule has 6 nitrogen and oxygen atoms in total. The van der Waals surface area contributed by atoms with Gasteiger partial charge in [0.05, 0.1) is 5.92 Å². The Kier molecular flexibility index (Phi) is 5.50. The zero-order valence-electron chi connectivity index (χ0n) is 15.6. The molecule has 150 valence electrons. The SMILES string of the molecule is O=C(c1ccc(F)c(F)c1)N1CCCC(c2nnc(COc3ccccc3)o2)C1. The number of ether oxygens (including phenoxy) is 1. The fourth-order valence-corrected chi connectivity index (χ4v) is 3.33. The highest BCUT2D eigenvalue weighted by Gasteiger charge is 2.29. The molecular weight excluding hydrogens is 380 g/mol. The molecule has 0 saturated carbocycles. The molecule has 1 aromatic heterocycles. The molecule has 1 atom stereocenters. The first-order chi connectivity index (χ1) is 14.1. The fraction of sp³-hybridized carbons (Fsp3) is 0.286. The van der Waals surface area contributed by atoms with E-state index in [2.05, 4.69) is 10.2 Å². The lowest BCUT2D eigenvalue weighted by Gasteiger charge is -2.31. The van der Waals surface area contributed by atoms with E-state index in [0.29, 0.717) is 30.6 Å². The fourth-order valence-electron chi connectivity index (χ4n) is 3.33. The quantitative estimate of drug-likeness (QED) is 0.650. The minimum atomic E-state index is -1.04. The van der Waals surface area contributed by atoms with Crippen LogP contribution in [0.25, 0.3) is 0 Å². The van der Waals surface area contributed by atoms with Gasteiger partial charge in [0.15, 0.2) is 18.2 Å². The molecule has 8 heteroatoms. The normalized spacial score (nSPS) is 16.6. The molecule has 1 fully saturated rings. The number of hydrogen-bond donors (Lipinski definition) is 0. The summed E-state index contributed by atoms with van der Waals surface area (Å²) in [6, 6.07) is 12.5. The Morgan fingerprint density at radius 3 is 2.76 bits per heavy atom. The summed E-state index contributed by atoms with van der Waals surface area (Å²) < 4.78 is 37.9. The molecule has 1 unspecified atom stereocenters. The molecule has 1 aliphatic rings. The van der Waals surface area contributed by atoms with Gasteiger partial charge in [0, 0.05) is 18.7 Å². The molecule has 1 saturated heterocycles. The van der Waals surface area contributed by atoms with Gasteiger partial charge in [-0.25, -0.2) is 8.78 Å². The topological polar surface area (TPSA) is 68.5 Å². The molecule has 2 heterocycles. The number of para-hydroxylation sites is 1. The van der Waals surface area contributed by atoms with Crippen LogP contribution >= 0.6 is 0 Å². The third-order valence-corrected chi connectivity index (χ3v) is 4.81. The number of aromatic nitrogens is 2. The highest BCUT2D eigenvalue weighted by Crippen LogP contribution is 2.27. The number of amides is 1. The van der Waals surface area contributed by atoms with Crippen LogP contribution in [0, 0.1) is 11.6 Å². The van der Waals surface area contributed by atoms with E-state index < -0.39 is 11.6 Å². The molecule has 1 aliphatic heterocycles. The summed E-state index contributed by atoms with van der Waals surface area (Å²) in [5.41, 5.74) is 0.118. The Morgan fingerprint density at radius 1 is 1.14 bits per heavy atom. The van der Waals surface area contributed by atoms with Crippen LogP contribution in [0.5, 0.6) is 5.75 Å². The van der Waals surface area contributed by atoms with E-state index >= 15 is 0 Å². The lowest BCUT2D eigenvalue weighted by atomic mass is 9.97. The second kappa shape index (κ2) is 8.38. The number of halogens is 2. The molecule has 0 aliphatic carbocycles. The Balaban J connectivity index is 1.40. The third-order valence-electron chi connectivity index (χ3n) is 4.81. The van der Waals surface area contributed by atoms with Crippen LogP contribution in [-0.2, 0) is 6.61 Å². The van der Waals surface area contributed by atoms with Crippen LogP contribution in [0.1, 0.15) is 40.9 Å². The lowest BCUT2D eigenvalue weighted by molar-refractivity contribution is 0.0696. The van der Waals surface area contributed by atoms with Crippen LogP contribution in [0.4, 0.5) is 8.78 Å². The standard InChI is InChI=1S/C21H19F2N3O3/c22-17-9-8-14(11-18(17)23)21(27)26-10-4-5-15(12-26)20-25-24-19(29-20)13-28-16-6-2-1-3-7-16/h1-3,6-9,11,15H,4-5,10,12-13H2. The Hall–Kier alpha value is -3.29. The van der Waals surface area contributed by atoms with E-state index in [1.165, 1.54) is 6.07 Å². The number of likely N-dealkylation sites (tertiary alicyclic amines) is 1. The maximum Gasteiger partial charge on any atom is 0.253 e. The van der Waals surface area contributed by atoms with Crippen molar-refractivity contribution in [2.75, 3.05) is 13.1 Å². The van der Waals surface area contributed by atoms with Gasteiger partial charge in [0.1, 0.15) is 5.75 Å². The summed E-state index contributed by atoms with van der Waals surface area (Å²) in [4.78, 5) is 14.3. The van der Waals surface area contributed by atoms with Gasteiger partial charge in [0.2, 0.25) is 5.89 Å². The van der Waals surface area contributed by atoms with E-state index in [0.717, 1.165) is 25.0 Å². The smallest absolute Gasteiger partial charge is 0.253 e. The van der Waals surface area contributed by atoms with Crippen molar-refractivity contribution >= 4 is 5.91 Å². The number of carbonyl (C=O) groups excluding carboxylic acids is 1. The van der Waals surface area contributed by atoms with Crippen LogP contribution in [0.15, 0.2) is 52.9 Å². The van der Waals surface area contributed by atoms with Crippen molar-refractivity contribution in [1.29, 1.82) is 0 Å². The number of nitrogens with zero attached hydrogens (tertiary/aromatic N) is 3. The Bertz CT molecular complexity index is 994. The molecule has 4 rings (SSSR count). The summed E-state index contributed by atoms with van der Waals surface area (Å²) >= 11 is 0. The van der Waals surface area contributed by atoms with Crippen molar-refractivity contribution in [3.8, 4) is 5.75 Å². The van der Waals surface area contributed by atoms with Crippen molar-refractivity contribution < 1.29 is 22.7 Å². The monoisotopic (exact) mass is 399 g/mol. The predicted molar refractivity (Wildman–Crippen MR) is 99.3 cm³/mol. The van der Waals surface area contributed by atoms with Gasteiger partial charge < -0.3 is 14.1 Å². The van der Waals surface area contributed by atoms with E-state index in [9.17, 15) is 13.6 Å². The van der Waals surface area contributed by atoms with Gasteiger partial charge in [0.25, 0.3) is 11.8 Å². The summed E-state index contributed by atoms with van der Waals surface area (Å²) in [6.45, 7) is 1.06. The van der Waals surface area contributed by atoms with Crippen LogP contribution < -0.4 is 4.74 Å². The first-order valence-electron chi connectivity index (χ1n) is 9.34. The largest absolute Gasteiger partial charge is 0.484 e. The molecule has 0 bridgehead atoms. The van der Waals surface area contributed by atoms with Crippen LogP contribution in [0.3, 0.4) is 0 Å². The molecule has 0 radical (unpaired) electrons. The minimum absolute atomic E-state index is 0.115. The summed E-state index contributed by atoms with van der Waals surface area (Å²) in [5, 5.41) is 8.12. The molecule has 3 aromatic rings. The van der Waals surface area contributed by atoms with Gasteiger partial charge in [-0.1, -0.05) is 18.2 Å². The van der Waals surface area contributed by atoms with Crippen molar-refractivity contribution in [2.45, 2.75) is 25.4 Å². The number of rotatable bonds is 5. The molecule has 0 N–H and O–H groups in total. The molecule has 0 spiro atoms. The van der Waals surface area contributed by atoms with Crippen LogP contribution in [0.2, 0.25) is 0 Å². The molecular formula is C21H19F2N3O3. The van der Waals surface area contributed by atoms with Gasteiger partial charge in [-0.15, -0.1) is 10.2 Å². The highest BCUT2D eigenvalue weighted by atomic mass is 19.2. The van der Waals surface area contributed by atoms with E-state index in [4.69, 9.17) is 9.15 Å². The average molecular weight is 399 g/mol. The highest BCUT2D eigenvalue weighted by molar-refractivity contribution is 5.94. The Morgan fingerprint density at radius 2 is 1.97 bits per heavy atom. The zero-order chi connectivity index (χ0) is 20.2. The lowest BCUT2D eigenvalue weighted by Crippen LogP contribution is -2.39. The molecule has 2 aromatic carbocycles. The van der Waals surface area contributed by atoms with Crippen molar-refractivity contribution in [2.24, 2.45) is 0 Å². The number of piperidine rings is 1. The number of hydrogen-bond acceptors (Lipinski definition) is 5. The minimum Gasteiger partial charge on any atom is -0.484 e. The van der Waals surface area contributed by atoms with Gasteiger partial charge in [-0.2, -0.15) is 0 Å². The van der Waals surface area contributed by atoms with E-state index in [-0.39, 0.29) is 24.0 Å². The molecule has 29 heavy (non-hydrogen) atoms. The summed E-state index contributed by atoms with van der Waals surface area (Å²) in [6.07, 6.45) is 1.54.